The van der Waals surface area contributed by atoms with Crippen LogP contribution in [-0.2, 0) is 0 Å². The van der Waals surface area contributed by atoms with Gasteiger partial charge in [0.15, 0.2) is 5.82 Å². The van der Waals surface area contributed by atoms with E-state index in [1.54, 1.807) is 19.3 Å². The maximum Gasteiger partial charge on any atom is 0.251 e. The Labute approximate surface area is 150 Å². The lowest BCUT2D eigenvalue weighted by atomic mass is 10.2. The Morgan fingerprint density at radius 2 is 1.81 bits per heavy atom. The summed E-state index contributed by atoms with van der Waals surface area (Å²) in [6.45, 7) is 1.93. The van der Waals surface area contributed by atoms with Gasteiger partial charge < -0.3 is 5.32 Å². The molecule has 0 unspecified atom stereocenters. The number of nitrogens with zero attached hydrogens (tertiary/aromatic N) is 4. The third-order valence-electron chi connectivity index (χ3n) is 4.21. The van der Waals surface area contributed by atoms with Crippen molar-refractivity contribution in [3.63, 3.8) is 0 Å². The van der Waals surface area contributed by atoms with Crippen molar-refractivity contribution in [1.29, 1.82) is 0 Å². The molecule has 0 aliphatic carbocycles. The van der Waals surface area contributed by atoms with Crippen molar-refractivity contribution in [2.24, 2.45) is 0 Å². The zero-order valence-electron chi connectivity index (χ0n) is 14.5. The van der Waals surface area contributed by atoms with Gasteiger partial charge in [0.05, 0.1) is 16.7 Å². The van der Waals surface area contributed by atoms with Crippen LogP contribution < -0.4 is 5.32 Å². The highest BCUT2D eigenvalue weighted by atomic mass is 16.1. The van der Waals surface area contributed by atoms with Gasteiger partial charge in [-0.25, -0.2) is 15.0 Å². The van der Waals surface area contributed by atoms with Gasteiger partial charge in [0, 0.05) is 30.7 Å². The second-order valence-electron chi connectivity index (χ2n) is 5.90. The molecule has 0 bridgehead atoms. The van der Waals surface area contributed by atoms with E-state index in [4.69, 9.17) is 4.98 Å². The van der Waals surface area contributed by atoms with E-state index in [9.17, 15) is 4.79 Å². The number of fused-ring (bicyclic) bond motifs is 1. The van der Waals surface area contributed by atoms with E-state index >= 15 is 0 Å². The van der Waals surface area contributed by atoms with Crippen LogP contribution in [0.1, 0.15) is 16.1 Å². The number of carbonyl (C=O) groups excluding carboxylic acids is 1. The number of aryl methyl sites for hydroxylation is 1. The molecule has 6 heteroatoms. The van der Waals surface area contributed by atoms with Gasteiger partial charge in [-0.1, -0.05) is 18.2 Å². The number of aromatic nitrogens is 4. The van der Waals surface area contributed by atoms with Crippen LogP contribution in [-0.4, -0.2) is 32.5 Å². The summed E-state index contributed by atoms with van der Waals surface area (Å²) in [5.74, 6) is 0.560. The summed E-state index contributed by atoms with van der Waals surface area (Å²) in [6.07, 6.45) is 3.58. The largest absolute Gasteiger partial charge is 0.355 e. The summed E-state index contributed by atoms with van der Waals surface area (Å²) < 4.78 is 1.91. The van der Waals surface area contributed by atoms with Crippen LogP contribution in [0.3, 0.4) is 0 Å². The smallest absolute Gasteiger partial charge is 0.251 e. The number of rotatable bonds is 3. The molecule has 2 aromatic heterocycles. The number of hydrogen-bond donors (Lipinski definition) is 1. The van der Waals surface area contributed by atoms with Crippen molar-refractivity contribution in [3.05, 3.63) is 72.2 Å². The number of carbonyl (C=O) groups is 1. The van der Waals surface area contributed by atoms with Gasteiger partial charge in [-0.2, -0.15) is 0 Å². The first-order valence-corrected chi connectivity index (χ1v) is 8.27. The molecular weight excluding hydrogens is 326 g/mol. The Morgan fingerprint density at radius 3 is 2.58 bits per heavy atom. The summed E-state index contributed by atoms with van der Waals surface area (Å²) in [5.41, 5.74) is 4.63. The molecule has 0 aliphatic rings. The molecule has 0 fully saturated rings. The lowest BCUT2D eigenvalue weighted by Gasteiger charge is -2.11. The van der Waals surface area contributed by atoms with Gasteiger partial charge in [0.25, 0.3) is 5.91 Å². The molecule has 0 aliphatic heterocycles. The average Bonchev–Trinajstić information content (AvgIpc) is 3.16. The first kappa shape index (κ1) is 16.0. The molecule has 0 radical (unpaired) electrons. The summed E-state index contributed by atoms with van der Waals surface area (Å²) in [5, 5.41) is 2.64. The molecule has 128 valence electrons. The van der Waals surface area contributed by atoms with Gasteiger partial charge in [-0.15, -0.1) is 0 Å². The standard InChI is InChI=1S/C20H17N5O/c1-13-18(24-17-9-4-3-8-16(17)23-13)19-22-10-11-25(19)15-7-5-6-14(12-15)20(26)21-2/h3-12H,1-2H3,(H,21,26). The fourth-order valence-electron chi connectivity index (χ4n) is 2.93. The van der Waals surface area contributed by atoms with Crippen molar-refractivity contribution in [3.8, 4) is 17.2 Å². The molecule has 2 aromatic carbocycles. The number of imidazole rings is 1. The molecule has 0 atom stereocenters. The Kier molecular flexibility index (Phi) is 3.93. The number of hydrogen-bond acceptors (Lipinski definition) is 4. The second-order valence-corrected chi connectivity index (χ2v) is 5.90. The minimum absolute atomic E-state index is 0.129. The van der Waals surface area contributed by atoms with Crippen LogP contribution in [0.2, 0.25) is 0 Å². The third kappa shape index (κ3) is 2.71. The molecule has 4 aromatic rings. The van der Waals surface area contributed by atoms with E-state index in [-0.39, 0.29) is 5.91 Å². The molecule has 6 nitrogen and oxygen atoms in total. The maximum absolute atomic E-state index is 11.9. The van der Waals surface area contributed by atoms with Gasteiger partial charge in [0.2, 0.25) is 0 Å². The monoisotopic (exact) mass is 343 g/mol. The molecule has 0 spiro atoms. The fraction of sp³-hybridized carbons (Fsp3) is 0.100. The topological polar surface area (TPSA) is 72.7 Å². The lowest BCUT2D eigenvalue weighted by Crippen LogP contribution is -2.17. The number of amides is 1. The van der Waals surface area contributed by atoms with Crippen LogP contribution in [0, 0.1) is 6.92 Å². The van der Waals surface area contributed by atoms with E-state index in [0.29, 0.717) is 11.4 Å². The SMILES string of the molecule is CNC(=O)c1cccc(-n2ccnc2-c2nc3ccccc3nc2C)c1. The van der Waals surface area contributed by atoms with Gasteiger partial charge in [0.1, 0.15) is 5.69 Å². The van der Waals surface area contributed by atoms with Crippen LogP contribution in [0.25, 0.3) is 28.2 Å². The quantitative estimate of drug-likeness (QED) is 0.620. The van der Waals surface area contributed by atoms with Crippen molar-refractivity contribution in [1.82, 2.24) is 24.8 Å². The maximum atomic E-state index is 11.9. The van der Waals surface area contributed by atoms with Crippen LogP contribution in [0.15, 0.2) is 60.9 Å². The number of benzene rings is 2. The number of para-hydroxylation sites is 2. The van der Waals surface area contributed by atoms with E-state index in [1.165, 1.54) is 0 Å². The average molecular weight is 343 g/mol. The highest BCUT2D eigenvalue weighted by Crippen LogP contribution is 2.24. The Bertz CT molecular complexity index is 1120. The summed E-state index contributed by atoms with van der Waals surface area (Å²) in [7, 11) is 1.62. The number of nitrogens with one attached hydrogen (secondary N) is 1. The second kappa shape index (κ2) is 6.40. The predicted octanol–water partition coefficient (Wildman–Crippen LogP) is 3.15. The van der Waals surface area contributed by atoms with E-state index in [0.717, 1.165) is 28.1 Å². The Morgan fingerprint density at radius 1 is 1.04 bits per heavy atom. The molecule has 4 rings (SSSR count). The lowest BCUT2D eigenvalue weighted by molar-refractivity contribution is 0.0963. The molecule has 1 N–H and O–H groups in total. The van der Waals surface area contributed by atoms with Gasteiger partial charge >= 0.3 is 0 Å². The van der Waals surface area contributed by atoms with Crippen molar-refractivity contribution < 1.29 is 4.79 Å². The molecule has 1 amide bonds. The van der Waals surface area contributed by atoms with Crippen LogP contribution in [0.4, 0.5) is 0 Å². The zero-order chi connectivity index (χ0) is 18.1. The normalized spacial score (nSPS) is 10.8. The minimum Gasteiger partial charge on any atom is -0.355 e. The van der Waals surface area contributed by atoms with Gasteiger partial charge in [-0.3, -0.25) is 9.36 Å². The molecule has 0 saturated heterocycles. The van der Waals surface area contributed by atoms with E-state index < -0.39 is 0 Å². The first-order valence-electron chi connectivity index (χ1n) is 8.27. The predicted molar refractivity (Wildman–Crippen MR) is 100 cm³/mol. The van der Waals surface area contributed by atoms with E-state index in [2.05, 4.69) is 15.3 Å². The molecule has 0 saturated carbocycles. The zero-order valence-corrected chi connectivity index (χ0v) is 14.5. The highest BCUT2D eigenvalue weighted by molar-refractivity contribution is 5.94. The van der Waals surface area contributed by atoms with Crippen LogP contribution in [0.5, 0.6) is 0 Å². The fourth-order valence-corrected chi connectivity index (χ4v) is 2.93. The molecule has 2 heterocycles. The minimum atomic E-state index is -0.129. The summed E-state index contributed by atoms with van der Waals surface area (Å²) >= 11 is 0. The highest BCUT2D eigenvalue weighted by Gasteiger charge is 2.15. The van der Waals surface area contributed by atoms with E-state index in [1.807, 2.05) is 60.2 Å². The van der Waals surface area contributed by atoms with Crippen molar-refractivity contribution in [2.45, 2.75) is 6.92 Å². The van der Waals surface area contributed by atoms with Crippen LogP contribution >= 0.6 is 0 Å². The molecular formula is C20H17N5O. The van der Waals surface area contributed by atoms with Crippen molar-refractivity contribution >= 4 is 16.9 Å². The van der Waals surface area contributed by atoms with Crippen molar-refractivity contribution in [2.75, 3.05) is 7.05 Å². The Balaban J connectivity index is 1.86. The first-order chi connectivity index (χ1) is 12.7. The van der Waals surface area contributed by atoms with Gasteiger partial charge in [-0.05, 0) is 37.3 Å². The Hall–Kier alpha value is -3.54. The molecule has 26 heavy (non-hydrogen) atoms. The third-order valence-corrected chi connectivity index (χ3v) is 4.21. The summed E-state index contributed by atoms with van der Waals surface area (Å²) in [6, 6.07) is 15.2. The summed E-state index contributed by atoms with van der Waals surface area (Å²) in [4.78, 5) is 25.8.